The van der Waals surface area contributed by atoms with Gasteiger partial charge in [-0.3, -0.25) is 14.4 Å². The molecule has 3 N–H and O–H groups in total. The fourth-order valence-electron chi connectivity index (χ4n) is 4.24. The Morgan fingerprint density at radius 1 is 1.00 bits per heavy atom. The van der Waals surface area contributed by atoms with Gasteiger partial charge in [-0.2, -0.15) is 0 Å². The molecule has 182 valence electrons. The zero-order chi connectivity index (χ0) is 25.4. The maximum absolute atomic E-state index is 13.1. The number of carboxylic acid groups (broad SMARTS) is 1. The number of benzene rings is 2. The predicted molar refractivity (Wildman–Crippen MR) is 135 cm³/mol. The van der Waals surface area contributed by atoms with Crippen LogP contribution in [0.15, 0.2) is 49.1 Å². The molecule has 0 aliphatic rings. The minimum atomic E-state index is -1.02. The van der Waals surface area contributed by atoms with Crippen LogP contribution in [0, 0.1) is 26.7 Å². The molecule has 0 aliphatic heterocycles. The number of rotatable bonds is 11. The monoisotopic (exact) mass is 464 g/mol. The lowest BCUT2D eigenvalue weighted by Crippen LogP contribution is -2.47. The van der Waals surface area contributed by atoms with Crippen LogP contribution in [-0.2, 0) is 14.4 Å². The third-order valence-corrected chi connectivity index (χ3v) is 5.80. The Hall–Kier alpha value is -3.41. The van der Waals surface area contributed by atoms with Gasteiger partial charge in [0.05, 0.1) is 12.5 Å². The summed E-state index contributed by atoms with van der Waals surface area (Å²) in [5, 5.41) is 15.1. The molecule has 6 nitrogen and oxygen atoms in total. The standard InChI is InChI=1S/C28H36N2O4/c1-7-25(31)29-23(12-11-17(2)3)28(34)30-24(16-26(32)33)21-9-8-10-22(15-21)27-19(5)13-18(4)14-20(27)6/h7-10,13-15,17,23-24H,1,11-12,16H2,2-6H3,(H,29,31)(H,30,34)(H,32,33)/t23?,24-/m0/s1. The SMILES string of the molecule is C=CC(=O)NC(CCC(C)C)C(=O)N[C@@H](CC(=O)O)c1cccc(-c2c(C)cc(C)cc2C)c1. The second-order valence-electron chi connectivity index (χ2n) is 9.29. The molecule has 0 fully saturated rings. The van der Waals surface area contributed by atoms with E-state index in [0.717, 1.165) is 34.8 Å². The highest BCUT2D eigenvalue weighted by Gasteiger charge is 2.25. The van der Waals surface area contributed by atoms with Crippen LogP contribution in [0.25, 0.3) is 11.1 Å². The van der Waals surface area contributed by atoms with Gasteiger partial charge in [-0.1, -0.05) is 56.3 Å². The maximum atomic E-state index is 13.1. The number of aryl methyl sites for hydroxylation is 3. The van der Waals surface area contributed by atoms with Gasteiger partial charge in [-0.25, -0.2) is 0 Å². The second kappa shape index (κ2) is 12.2. The molecule has 0 saturated heterocycles. The van der Waals surface area contributed by atoms with Crippen molar-refractivity contribution in [1.82, 2.24) is 10.6 Å². The van der Waals surface area contributed by atoms with Crippen LogP contribution < -0.4 is 10.6 Å². The number of carboxylic acids is 1. The van der Waals surface area contributed by atoms with Crippen molar-refractivity contribution in [1.29, 1.82) is 0 Å². The van der Waals surface area contributed by atoms with Crippen molar-refractivity contribution in [3.63, 3.8) is 0 Å². The highest BCUT2D eigenvalue weighted by molar-refractivity contribution is 5.92. The number of carbonyl (C=O) groups is 3. The molecule has 0 spiro atoms. The smallest absolute Gasteiger partial charge is 0.305 e. The fraction of sp³-hybridized carbons (Fsp3) is 0.393. The number of amides is 2. The minimum absolute atomic E-state index is 0.270. The normalized spacial score (nSPS) is 12.6. The maximum Gasteiger partial charge on any atom is 0.305 e. The van der Waals surface area contributed by atoms with Crippen LogP contribution in [0.3, 0.4) is 0 Å². The van der Waals surface area contributed by atoms with Crippen molar-refractivity contribution >= 4 is 17.8 Å². The third-order valence-electron chi connectivity index (χ3n) is 5.80. The Kier molecular flexibility index (Phi) is 9.60. The van der Waals surface area contributed by atoms with Crippen molar-refractivity contribution in [2.24, 2.45) is 5.92 Å². The third kappa shape index (κ3) is 7.58. The molecule has 0 heterocycles. The van der Waals surface area contributed by atoms with Gasteiger partial charge in [0.25, 0.3) is 0 Å². The Bertz CT molecular complexity index is 1040. The minimum Gasteiger partial charge on any atom is -0.481 e. The fourth-order valence-corrected chi connectivity index (χ4v) is 4.24. The van der Waals surface area contributed by atoms with E-state index in [2.05, 4.69) is 50.1 Å². The molecule has 2 aromatic carbocycles. The molecule has 0 aliphatic carbocycles. The molecule has 1 unspecified atom stereocenters. The average molecular weight is 465 g/mol. The zero-order valence-electron chi connectivity index (χ0n) is 20.8. The van der Waals surface area contributed by atoms with E-state index in [1.54, 1.807) is 0 Å². The van der Waals surface area contributed by atoms with E-state index < -0.39 is 29.9 Å². The molecule has 0 bridgehead atoms. The van der Waals surface area contributed by atoms with Gasteiger partial charge in [0.15, 0.2) is 0 Å². The lowest BCUT2D eigenvalue weighted by atomic mass is 9.91. The van der Waals surface area contributed by atoms with Gasteiger partial charge in [0.2, 0.25) is 11.8 Å². The Morgan fingerprint density at radius 2 is 1.65 bits per heavy atom. The number of aliphatic carboxylic acids is 1. The lowest BCUT2D eigenvalue weighted by molar-refractivity contribution is -0.138. The molecule has 0 radical (unpaired) electrons. The van der Waals surface area contributed by atoms with Gasteiger partial charge in [-0.15, -0.1) is 0 Å². The molecule has 2 aromatic rings. The highest BCUT2D eigenvalue weighted by atomic mass is 16.4. The molecule has 34 heavy (non-hydrogen) atoms. The molecular weight excluding hydrogens is 428 g/mol. The van der Waals surface area contributed by atoms with E-state index >= 15 is 0 Å². The average Bonchev–Trinajstić information content (AvgIpc) is 2.75. The van der Waals surface area contributed by atoms with Gasteiger partial charge in [0, 0.05) is 0 Å². The van der Waals surface area contributed by atoms with Crippen LogP contribution in [-0.4, -0.2) is 28.9 Å². The molecule has 2 amide bonds. The first kappa shape index (κ1) is 26.8. The van der Waals surface area contributed by atoms with Crippen molar-refractivity contribution in [3.8, 4) is 11.1 Å². The van der Waals surface area contributed by atoms with Crippen molar-refractivity contribution in [3.05, 3.63) is 71.3 Å². The summed E-state index contributed by atoms with van der Waals surface area (Å²) in [6.45, 7) is 13.7. The quantitative estimate of drug-likeness (QED) is 0.407. The van der Waals surface area contributed by atoms with Crippen LogP contribution in [0.1, 0.15) is 61.4 Å². The van der Waals surface area contributed by atoms with Crippen LogP contribution in [0.5, 0.6) is 0 Å². The summed E-state index contributed by atoms with van der Waals surface area (Å²) in [6.07, 6.45) is 2.04. The summed E-state index contributed by atoms with van der Waals surface area (Å²) in [4.78, 5) is 36.7. The van der Waals surface area contributed by atoms with Gasteiger partial charge in [-0.05, 0) is 79.5 Å². The summed E-state index contributed by atoms with van der Waals surface area (Å²) in [5.74, 6) is -1.52. The molecule has 0 saturated carbocycles. The van der Waals surface area contributed by atoms with Gasteiger partial charge < -0.3 is 15.7 Å². The van der Waals surface area contributed by atoms with E-state index in [-0.39, 0.29) is 6.42 Å². The largest absolute Gasteiger partial charge is 0.481 e. The van der Waals surface area contributed by atoms with E-state index in [4.69, 9.17) is 0 Å². The molecule has 2 atom stereocenters. The van der Waals surface area contributed by atoms with Crippen LogP contribution in [0.4, 0.5) is 0 Å². The molecule has 6 heteroatoms. The number of hydrogen-bond donors (Lipinski definition) is 3. The number of carbonyl (C=O) groups excluding carboxylic acids is 2. The lowest BCUT2D eigenvalue weighted by Gasteiger charge is -2.24. The van der Waals surface area contributed by atoms with Gasteiger partial charge >= 0.3 is 5.97 Å². The first-order chi connectivity index (χ1) is 16.0. The van der Waals surface area contributed by atoms with E-state index in [0.29, 0.717) is 17.9 Å². The Morgan fingerprint density at radius 3 is 2.21 bits per heavy atom. The topological polar surface area (TPSA) is 95.5 Å². The predicted octanol–water partition coefficient (Wildman–Crippen LogP) is 5.02. The van der Waals surface area contributed by atoms with Crippen molar-refractivity contribution in [2.75, 3.05) is 0 Å². The number of nitrogens with one attached hydrogen (secondary N) is 2. The first-order valence-electron chi connectivity index (χ1n) is 11.6. The Balaban J connectivity index is 2.37. The summed E-state index contributed by atoms with van der Waals surface area (Å²) < 4.78 is 0. The van der Waals surface area contributed by atoms with E-state index in [1.807, 2.05) is 38.1 Å². The van der Waals surface area contributed by atoms with Crippen molar-refractivity contribution in [2.45, 2.75) is 66.0 Å². The highest BCUT2D eigenvalue weighted by Crippen LogP contribution is 2.31. The zero-order valence-corrected chi connectivity index (χ0v) is 20.8. The summed E-state index contributed by atoms with van der Waals surface area (Å²) in [5.41, 5.74) is 6.21. The summed E-state index contributed by atoms with van der Waals surface area (Å²) in [6, 6.07) is 10.3. The van der Waals surface area contributed by atoms with Crippen LogP contribution in [0.2, 0.25) is 0 Å². The van der Waals surface area contributed by atoms with E-state index in [9.17, 15) is 19.5 Å². The van der Waals surface area contributed by atoms with Gasteiger partial charge in [0.1, 0.15) is 6.04 Å². The Labute approximate surface area is 202 Å². The molecule has 0 aromatic heterocycles. The molecule has 2 rings (SSSR count). The second-order valence-corrected chi connectivity index (χ2v) is 9.29. The molecular formula is C28H36N2O4. The van der Waals surface area contributed by atoms with Crippen LogP contribution >= 0.6 is 0 Å². The first-order valence-corrected chi connectivity index (χ1v) is 11.6. The number of hydrogen-bond acceptors (Lipinski definition) is 3. The van der Waals surface area contributed by atoms with Crippen molar-refractivity contribution < 1.29 is 19.5 Å². The summed E-state index contributed by atoms with van der Waals surface area (Å²) >= 11 is 0. The van der Waals surface area contributed by atoms with E-state index in [1.165, 1.54) is 5.56 Å². The summed E-state index contributed by atoms with van der Waals surface area (Å²) in [7, 11) is 0.